The Balaban J connectivity index is 3.00. The largest absolute Gasteiger partial charge is 0.375 e. The summed E-state index contributed by atoms with van der Waals surface area (Å²) < 4.78 is 0. The minimum Gasteiger partial charge on any atom is -0.375 e. The zero-order valence-electron chi connectivity index (χ0n) is 11.1. The van der Waals surface area contributed by atoms with Crippen molar-refractivity contribution in [1.29, 1.82) is 0 Å². The summed E-state index contributed by atoms with van der Waals surface area (Å²) in [6.07, 6.45) is 1.49. The van der Waals surface area contributed by atoms with Crippen molar-refractivity contribution < 1.29 is 9.59 Å². The van der Waals surface area contributed by atoms with Crippen LogP contribution >= 0.6 is 12.2 Å². The highest BCUT2D eigenvalue weighted by atomic mass is 32.1. The lowest BCUT2D eigenvalue weighted by Gasteiger charge is -2.11. The molecule has 0 saturated carbocycles. The predicted octanol–water partition coefficient (Wildman–Crippen LogP) is 0.770. The van der Waals surface area contributed by atoms with Crippen molar-refractivity contribution in [1.82, 2.24) is 5.43 Å². The van der Waals surface area contributed by atoms with Crippen molar-refractivity contribution in [2.45, 2.75) is 13.8 Å². The molecule has 0 unspecified atom stereocenters. The Morgan fingerprint density at radius 2 is 1.80 bits per heavy atom. The Bertz CT molecular complexity index is 571. The molecule has 0 bridgehead atoms. The van der Waals surface area contributed by atoms with Crippen LogP contribution in [-0.4, -0.2) is 23.1 Å². The van der Waals surface area contributed by atoms with Gasteiger partial charge in [-0.3, -0.25) is 15.0 Å². The zero-order valence-corrected chi connectivity index (χ0v) is 11.9. The molecule has 1 rings (SSSR count). The highest BCUT2D eigenvalue weighted by Crippen LogP contribution is 2.22. The normalized spacial score (nSPS) is 10.1. The van der Waals surface area contributed by atoms with E-state index in [2.05, 4.69) is 33.4 Å². The molecule has 0 saturated heterocycles. The second kappa shape index (κ2) is 7.19. The maximum absolute atomic E-state index is 11.2. The molecule has 106 valence electrons. The summed E-state index contributed by atoms with van der Waals surface area (Å²) in [5.41, 5.74) is 9.34. The van der Waals surface area contributed by atoms with Crippen molar-refractivity contribution in [2.24, 2.45) is 10.8 Å². The highest BCUT2D eigenvalue weighted by Gasteiger charge is 2.06. The summed E-state index contributed by atoms with van der Waals surface area (Å²) in [6, 6.07) is 5.05. The second-order valence-electron chi connectivity index (χ2n) is 3.90. The van der Waals surface area contributed by atoms with E-state index in [9.17, 15) is 9.59 Å². The van der Waals surface area contributed by atoms with Gasteiger partial charge in [0, 0.05) is 13.8 Å². The average Bonchev–Trinajstić information content (AvgIpc) is 2.30. The summed E-state index contributed by atoms with van der Waals surface area (Å²) in [4.78, 5) is 22.3. The third-order valence-electron chi connectivity index (χ3n) is 2.05. The first-order valence-electron chi connectivity index (χ1n) is 5.66. The van der Waals surface area contributed by atoms with Crippen LogP contribution in [0.3, 0.4) is 0 Å². The standard InChI is InChI=1S/C12H15N5O2S/c1-7(18)15-10-4-3-9(6-14-17-12(13)20)5-11(10)16-8(2)19/h3-6H,1-2H3,(H,15,18)(H,16,19)(H3,13,17,20)/b14-6+. The summed E-state index contributed by atoms with van der Waals surface area (Å²) >= 11 is 4.61. The highest BCUT2D eigenvalue weighted by molar-refractivity contribution is 7.80. The number of amides is 2. The Labute approximate surface area is 121 Å². The van der Waals surface area contributed by atoms with E-state index in [-0.39, 0.29) is 16.9 Å². The van der Waals surface area contributed by atoms with Crippen molar-refractivity contribution in [3.63, 3.8) is 0 Å². The molecule has 20 heavy (non-hydrogen) atoms. The minimum atomic E-state index is -0.244. The molecule has 0 radical (unpaired) electrons. The molecule has 0 aromatic heterocycles. The van der Waals surface area contributed by atoms with Crippen LogP contribution in [0.4, 0.5) is 11.4 Å². The Hall–Kier alpha value is -2.48. The van der Waals surface area contributed by atoms with Gasteiger partial charge in [-0.25, -0.2) is 0 Å². The number of hydrogen-bond donors (Lipinski definition) is 4. The molecule has 1 aromatic rings. The third kappa shape index (κ3) is 5.44. The summed E-state index contributed by atoms with van der Waals surface area (Å²) in [5.74, 6) is -0.472. The van der Waals surface area contributed by atoms with Gasteiger partial charge < -0.3 is 16.4 Å². The fraction of sp³-hybridized carbons (Fsp3) is 0.167. The van der Waals surface area contributed by atoms with Gasteiger partial charge in [-0.1, -0.05) is 6.07 Å². The number of hydrazone groups is 1. The molecule has 0 aliphatic heterocycles. The molecule has 7 nitrogen and oxygen atoms in total. The second-order valence-corrected chi connectivity index (χ2v) is 4.34. The number of rotatable bonds is 4. The first kappa shape index (κ1) is 15.6. The molecule has 0 atom stereocenters. The van der Waals surface area contributed by atoms with Gasteiger partial charge in [-0.15, -0.1) is 0 Å². The van der Waals surface area contributed by atoms with Crippen LogP contribution in [0.25, 0.3) is 0 Å². The number of nitrogens with one attached hydrogen (secondary N) is 3. The Morgan fingerprint density at radius 3 is 2.35 bits per heavy atom. The van der Waals surface area contributed by atoms with Gasteiger partial charge in [0.25, 0.3) is 0 Å². The Morgan fingerprint density at radius 1 is 1.20 bits per heavy atom. The van der Waals surface area contributed by atoms with Gasteiger partial charge in [-0.2, -0.15) is 5.10 Å². The van der Waals surface area contributed by atoms with Crippen LogP contribution in [0, 0.1) is 0 Å². The number of carbonyl (C=O) groups excluding carboxylic acids is 2. The van der Waals surface area contributed by atoms with Crippen molar-refractivity contribution in [2.75, 3.05) is 10.6 Å². The van der Waals surface area contributed by atoms with Gasteiger partial charge in [0.15, 0.2) is 5.11 Å². The number of anilines is 2. The summed E-state index contributed by atoms with van der Waals surface area (Å²) in [6.45, 7) is 2.77. The van der Waals surface area contributed by atoms with Crippen LogP contribution in [0.5, 0.6) is 0 Å². The maximum atomic E-state index is 11.2. The predicted molar refractivity (Wildman–Crippen MR) is 82.6 cm³/mol. The number of nitrogens with zero attached hydrogens (tertiary/aromatic N) is 1. The molecule has 0 aliphatic carbocycles. The number of benzene rings is 1. The number of nitrogens with two attached hydrogens (primary N) is 1. The topological polar surface area (TPSA) is 109 Å². The average molecular weight is 293 g/mol. The van der Waals surface area contributed by atoms with E-state index in [1.54, 1.807) is 18.2 Å². The lowest BCUT2D eigenvalue weighted by molar-refractivity contribution is -0.115. The number of hydrogen-bond acceptors (Lipinski definition) is 4. The van der Waals surface area contributed by atoms with E-state index in [1.807, 2.05) is 0 Å². The van der Waals surface area contributed by atoms with Crippen molar-refractivity contribution in [3.05, 3.63) is 23.8 Å². The van der Waals surface area contributed by atoms with E-state index in [0.29, 0.717) is 16.9 Å². The van der Waals surface area contributed by atoms with E-state index < -0.39 is 0 Å². The SMILES string of the molecule is CC(=O)Nc1ccc(/C=N/NC(N)=S)cc1NC(C)=O. The van der Waals surface area contributed by atoms with Crippen molar-refractivity contribution in [3.8, 4) is 0 Å². The summed E-state index contributed by atoms with van der Waals surface area (Å²) in [5, 5.41) is 9.12. The molecular weight excluding hydrogens is 278 g/mol. The lowest BCUT2D eigenvalue weighted by atomic mass is 10.1. The van der Waals surface area contributed by atoms with E-state index >= 15 is 0 Å². The van der Waals surface area contributed by atoms with Gasteiger partial charge >= 0.3 is 0 Å². The van der Waals surface area contributed by atoms with Gasteiger partial charge in [0.2, 0.25) is 11.8 Å². The maximum Gasteiger partial charge on any atom is 0.221 e. The smallest absolute Gasteiger partial charge is 0.221 e. The molecule has 5 N–H and O–H groups in total. The van der Waals surface area contributed by atoms with Crippen molar-refractivity contribution >= 4 is 46.7 Å². The first-order chi connectivity index (χ1) is 9.38. The van der Waals surface area contributed by atoms with Gasteiger partial charge in [0.1, 0.15) is 0 Å². The molecule has 0 aliphatic rings. The van der Waals surface area contributed by atoms with Crippen LogP contribution < -0.4 is 21.8 Å². The number of thiocarbonyl (C=S) groups is 1. The zero-order chi connectivity index (χ0) is 15.1. The van der Waals surface area contributed by atoms with Crippen LogP contribution in [0.15, 0.2) is 23.3 Å². The molecule has 2 amide bonds. The van der Waals surface area contributed by atoms with Gasteiger partial charge in [-0.05, 0) is 29.9 Å². The fourth-order valence-electron chi connectivity index (χ4n) is 1.40. The quantitative estimate of drug-likeness (QED) is 0.372. The van der Waals surface area contributed by atoms with E-state index in [4.69, 9.17) is 5.73 Å². The molecule has 0 heterocycles. The molecule has 8 heteroatoms. The molecule has 1 aromatic carbocycles. The van der Waals surface area contributed by atoms with Gasteiger partial charge in [0.05, 0.1) is 17.6 Å². The fourth-order valence-corrected chi connectivity index (χ4v) is 1.46. The summed E-state index contributed by atoms with van der Waals surface area (Å²) in [7, 11) is 0. The third-order valence-corrected chi connectivity index (χ3v) is 2.14. The van der Waals surface area contributed by atoms with E-state index in [0.717, 1.165) is 0 Å². The van der Waals surface area contributed by atoms with Crippen LogP contribution in [0.1, 0.15) is 19.4 Å². The first-order valence-corrected chi connectivity index (χ1v) is 6.07. The minimum absolute atomic E-state index is 0.0539. The molecular formula is C12H15N5O2S. The molecule has 0 spiro atoms. The monoisotopic (exact) mass is 293 g/mol. The van der Waals surface area contributed by atoms with Crippen LogP contribution in [-0.2, 0) is 9.59 Å². The Kier molecular flexibility index (Phi) is 5.60. The lowest BCUT2D eigenvalue weighted by Crippen LogP contribution is -2.24. The molecule has 0 fully saturated rings. The van der Waals surface area contributed by atoms with Crippen LogP contribution in [0.2, 0.25) is 0 Å². The van der Waals surface area contributed by atoms with E-state index in [1.165, 1.54) is 20.1 Å². The number of carbonyl (C=O) groups is 2.